The summed E-state index contributed by atoms with van der Waals surface area (Å²) >= 11 is 0. The number of nitrogens with zero attached hydrogens (tertiary/aromatic N) is 1. The molecule has 1 saturated heterocycles. The van der Waals surface area contributed by atoms with Crippen LogP contribution in [0.5, 0.6) is 0 Å². The molecule has 4 heteroatoms. The van der Waals surface area contributed by atoms with E-state index in [2.05, 4.69) is 24.2 Å². The van der Waals surface area contributed by atoms with Gasteiger partial charge in [-0.2, -0.15) is 0 Å². The van der Waals surface area contributed by atoms with E-state index in [0.29, 0.717) is 24.2 Å². The van der Waals surface area contributed by atoms with Gasteiger partial charge in [0.2, 0.25) is 0 Å². The Bertz CT molecular complexity index is 385. The number of hydrogen-bond donors (Lipinski definition) is 1. The van der Waals surface area contributed by atoms with E-state index in [1.165, 1.54) is 12.1 Å². The van der Waals surface area contributed by atoms with E-state index in [4.69, 9.17) is 0 Å². The molecule has 1 N–H and O–H groups in total. The van der Waals surface area contributed by atoms with Gasteiger partial charge in [0.15, 0.2) is 0 Å². The Morgan fingerprint density at radius 3 is 2.76 bits per heavy atom. The number of rotatable bonds is 3. The Morgan fingerprint density at radius 1 is 1.41 bits per heavy atom. The lowest BCUT2D eigenvalue weighted by molar-refractivity contribution is 0.326. The fourth-order valence-electron chi connectivity index (χ4n) is 2.26. The van der Waals surface area contributed by atoms with Gasteiger partial charge in [-0.3, -0.25) is 0 Å². The van der Waals surface area contributed by atoms with Crippen molar-refractivity contribution in [3.8, 4) is 0 Å². The highest BCUT2D eigenvalue weighted by atomic mass is 19.1. The number of halogens is 2. The van der Waals surface area contributed by atoms with Gasteiger partial charge in [0, 0.05) is 36.8 Å². The molecule has 1 aromatic carbocycles. The molecule has 0 aromatic heterocycles. The van der Waals surface area contributed by atoms with Crippen LogP contribution in [0.15, 0.2) is 18.2 Å². The summed E-state index contributed by atoms with van der Waals surface area (Å²) in [7, 11) is 2.09. The van der Waals surface area contributed by atoms with E-state index >= 15 is 0 Å². The topological polar surface area (TPSA) is 15.3 Å². The van der Waals surface area contributed by atoms with Crippen molar-refractivity contribution < 1.29 is 8.78 Å². The highest BCUT2D eigenvalue weighted by Gasteiger charge is 2.25. The standard InChI is InChI=1S/C13H18F2N2/c1-9-5-12(8-17(9)2)16-7-10-3-4-11(14)6-13(10)15/h3-4,6,9,12,16H,5,7-8H2,1-2H3. The second-order valence-corrected chi connectivity index (χ2v) is 4.84. The summed E-state index contributed by atoms with van der Waals surface area (Å²) in [5, 5.41) is 3.31. The first-order valence-corrected chi connectivity index (χ1v) is 5.94. The zero-order chi connectivity index (χ0) is 12.4. The molecule has 2 unspecified atom stereocenters. The minimum absolute atomic E-state index is 0.388. The van der Waals surface area contributed by atoms with Crippen LogP contribution >= 0.6 is 0 Å². The van der Waals surface area contributed by atoms with E-state index in [-0.39, 0.29) is 0 Å². The molecular weight excluding hydrogens is 222 g/mol. The summed E-state index contributed by atoms with van der Waals surface area (Å²) in [4.78, 5) is 2.28. The normalized spacial score (nSPS) is 25.4. The highest BCUT2D eigenvalue weighted by Crippen LogP contribution is 2.16. The monoisotopic (exact) mass is 240 g/mol. The van der Waals surface area contributed by atoms with Crippen LogP contribution < -0.4 is 5.32 Å². The average molecular weight is 240 g/mol. The molecule has 1 aromatic rings. The molecule has 2 nitrogen and oxygen atoms in total. The summed E-state index contributed by atoms with van der Waals surface area (Å²) in [6.07, 6.45) is 1.07. The third-order valence-electron chi connectivity index (χ3n) is 3.48. The number of nitrogens with one attached hydrogen (secondary N) is 1. The Balaban J connectivity index is 1.90. The van der Waals surface area contributed by atoms with Crippen LogP contribution in [0.4, 0.5) is 8.78 Å². The minimum atomic E-state index is -0.527. The predicted molar refractivity (Wildman–Crippen MR) is 63.7 cm³/mol. The van der Waals surface area contributed by atoms with Gasteiger partial charge in [-0.15, -0.1) is 0 Å². The maximum Gasteiger partial charge on any atom is 0.130 e. The van der Waals surface area contributed by atoms with Gasteiger partial charge in [-0.25, -0.2) is 8.78 Å². The SMILES string of the molecule is CC1CC(NCc2ccc(F)cc2F)CN1C. The van der Waals surface area contributed by atoms with Gasteiger partial charge in [-0.1, -0.05) is 6.07 Å². The number of benzene rings is 1. The van der Waals surface area contributed by atoms with Crippen LogP contribution in [0.1, 0.15) is 18.9 Å². The van der Waals surface area contributed by atoms with Crippen LogP contribution in [0.2, 0.25) is 0 Å². The smallest absolute Gasteiger partial charge is 0.130 e. The molecule has 0 spiro atoms. The number of likely N-dealkylation sites (tertiary alicyclic amines) is 1. The van der Waals surface area contributed by atoms with E-state index in [1.54, 1.807) is 0 Å². The first kappa shape index (κ1) is 12.5. The highest BCUT2D eigenvalue weighted by molar-refractivity contribution is 5.18. The van der Waals surface area contributed by atoms with Crippen molar-refractivity contribution in [1.82, 2.24) is 10.2 Å². The van der Waals surface area contributed by atoms with E-state index < -0.39 is 11.6 Å². The first-order chi connectivity index (χ1) is 8.06. The number of hydrogen-bond acceptors (Lipinski definition) is 2. The molecule has 0 radical (unpaired) electrons. The Hall–Kier alpha value is -1.00. The minimum Gasteiger partial charge on any atom is -0.308 e. The Labute approximate surface area is 101 Å². The van der Waals surface area contributed by atoms with Crippen molar-refractivity contribution in [2.24, 2.45) is 0 Å². The van der Waals surface area contributed by atoms with Gasteiger partial charge in [0.05, 0.1) is 0 Å². The summed E-state index contributed by atoms with van der Waals surface area (Å²) in [5.41, 5.74) is 0.522. The van der Waals surface area contributed by atoms with Crippen molar-refractivity contribution >= 4 is 0 Å². The fourth-order valence-corrected chi connectivity index (χ4v) is 2.26. The molecule has 1 heterocycles. The average Bonchev–Trinajstić information content (AvgIpc) is 2.57. The quantitative estimate of drug-likeness (QED) is 0.871. The van der Waals surface area contributed by atoms with Gasteiger partial charge in [0.25, 0.3) is 0 Å². The van der Waals surface area contributed by atoms with Gasteiger partial charge >= 0.3 is 0 Å². The van der Waals surface area contributed by atoms with E-state index in [0.717, 1.165) is 19.0 Å². The molecule has 1 fully saturated rings. The van der Waals surface area contributed by atoms with Crippen LogP contribution in [-0.4, -0.2) is 30.6 Å². The zero-order valence-corrected chi connectivity index (χ0v) is 10.2. The third kappa shape index (κ3) is 3.01. The Morgan fingerprint density at radius 2 is 2.18 bits per heavy atom. The summed E-state index contributed by atoms with van der Waals surface area (Å²) in [6.45, 7) is 3.61. The lowest BCUT2D eigenvalue weighted by atomic mass is 10.1. The second kappa shape index (κ2) is 5.10. The van der Waals surface area contributed by atoms with Gasteiger partial charge in [-0.05, 0) is 26.5 Å². The van der Waals surface area contributed by atoms with E-state index in [9.17, 15) is 8.78 Å². The zero-order valence-electron chi connectivity index (χ0n) is 10.2. The number of likely N-dealkylation sites (N-methyl/N-ethyl adjacent to an activating group) is 1. The van der Waals surface area contributed by atoms with Gasteiger partial charge < -0.3 is 10.2 Å². The molecule has 2 atom stereocenters. The third-order valence-corrected chi connectivity index (χ3v) is 3.48. The van der Waals surface area contributed by atoms with Crippen LogP contribution in [-0.2, 0) is 6.54 Å². The molecular formula is C13H18F2N2. The molecule has 0 saturated carbocycles. The molecule has 94 valence electrons. The van der Waals surface area contributed by atoms with Crippen LogP contribution in [0.25, 0.3) is 0 Å². The molecule has 1 aliphatic heterocycles. The first-order valence-electron chi connectivity index (χ1n) is 5.94. The lowest BCUT2D eigenvalue weighted by Crippen LogP contribution is -2.31. The van der Waals surface area contributed by atoms with Crippen LogP contribution in [0, 0.1) is 11.6 Å². The van der Waals surface area contributed by atoms with Crippen LogP contribution in [0.3, 0.4) is 0 Å². The summed E-state index contributed by atoms with van der Waals surface area (Å²) < 4.78 is 26.1. The molecule has 0 aliphatic carbocycles. The molecule has 1 aliphatic rings. The van der Waals surface area contributed by atoms with Crippen molar-refractivity contribution in [2.45, 2.75) is 32.0 Å². The summed E-state index contributed by atoms with van der Waals surface area (Å²) in [6, 6.07) is 4.67. The van der Waals surface area contributed by atoms with Crippen molar-refractivity contribution in [1.29, 1.82) is 0 Å². The summed E-state index contributed by atoms with van der Waals surface area (Å²) in [5.74, 6) is -1.00. The second-order valence-electron chi connectivity index (χ2n) is 4.84. The van der Waals surface area contributed by atoms with Crippen molar-refractivity contribution in [3.63, 3.8) is 0 Å². The molecule has 0 bridgehead atoms. The maximum atomic E-state index is 13.4. The lowest BCUT2D eigenvalue weighted by Gasteiger charge is -2.13. The Kier molecular flexibility index (Phi) is 3.74. The van der Waals surface area contributed by atoms with E-state index in [1.807, 2.05) is 0 Å². The predicted octanol–water partition coefficient (Wildman–Crippen LogP) is 2.15. The largest absolute Gasteiger partial charge is 0.308 e. The molecule has 2 rings (SSSR count). The van der Waals surface area contributed by atoms with Crippen molar-refractivity contribution in [3.05, 3.63) is 35.4 Å². The maximum absolute atomic E-state index is 13.4. The molecule has 17 heavy (non-hydrogen) atoms. The molecule has 0 amide bonds. The fraction of sp³-hybridized carbons (Fsp3) is 0.538. The van der Waals surface area contributed by atoms with Crippen molar-refractivity contribution in [2.75, 3.05) is 13.6 Å². The van der Waals surface area contributed by atoms with Gasteiger partial charge in [0.1, 0.15) is 11.6 Å².